The lowest BCUT2D eigenvalue weighted by molar-refractivity contribution is 0.144. The molecule has 2 fully saturated rings. The lowest BCUT2D eigenvalue weighted by Gasteiger charge is -2.33. The second-order valence-corrected chi connectivity index (χ2v) is 4.86. The number of hydrogen-bond donors (Lipinski definition) is 1. The highest BCUT2D eigenvalue weighted by molar-refractivity contribution is 5.75. The van der Waals surface area contributed by atoms with E-state index in [1.807, 2.05) is 9.80 Å². The van der Waals surface area contributed by atoms with Gasteiger partial charge in [0.1, 0.15) is 0 Å². The van der Waals surface area contributed by atoms with E-state index in [2.05, 4.69) is 19.2 Å². The van der Waals surface area contributed by atoms with Crippen LogP contribution < -0.4 is 5.32 Å². The molecule has 0 aliphatic carbocycles. The first-order valence-electron chi connectivity index (χ1n) is 5.94. The summed E-state index contributed by atoms with van der Waals surface area (Å²) in [7, 11) is 0. The molecule has 0 spiro atoms. The van der Waals surface area contributed by atoms with Crippen molar-refractivity contribution in [2.24, 2.45) is 5.92 Å². The first kappa shape index (κ1) is 10.7. The number of carbonyl (C=O) groups is 1. The predicted octanol–water partition coefficient (Wildman–Crippen LogP) is 0.742. The SMILES string of the molecule is CC1CC(C)N(C(=O)N2CCNCC2)C1. The summed E-state index contributed by atoms with van der Waals surface area (Å²) >= 11 is 0. The Kier molecular flexibility index (Phi) is 3.14. The highest BCUT2D eigenvalue weighted by Crippen LogP contribution is 2.23. The van der Waals surface area contributed by atoms with Crippen LogP contribution in [0.15, 0.2) is 0 Å². The second kappa shape index (κ2) is 4.39. The molecule has 0 aromatic heterocycles. The summed E-state index contributed by atoms with van der Waals surface area (Å²) in [5, 5.41) is 3.27. The van der Waals surface area contributed by atoms with E-state index in [4.69, 9.17) is 0 Å². The minimum atomic E-state index is 0.244. The van der Waals surface area contributed by atoms with Crippen LogP contribution in [0.1, 0.15) is 20.3 Å². The van der Waals surface area contributed by atoms with Crippen LogP contribution in [-0.4, -0.2) is 54.6 Å². The molecule has 2 unspecified atom stereocenters. The first-order valence-corrected chi connectivity index (χ1v) is 5.94. The summed E-state index contributed by atoms with van der Waals surface area (Å²) in [6.07, 6.45) is 1.15. The molecule has 0 aromatic rings. The van der Waals surface area contributed by atoms with Crippen molar-refractivity contribution in [3.8, 4) is 0 Å². The average Bonchev–Trinajstić information content (AvgIpc) is 2.58. The van der Waals surface area contributed by atoms with Gasteiger partial charge >= 0.3 is 6.03 Å². The fraction of sp³-hybridized carbons (Fsp3) is 0.909. The lowest BCUT2D eigenvalue weighted by atomic mass is 10.1. The van der Waals surface area contributed by atoms with Gasteiger partial charge in [-0.1, -0.05) is 6.92 Å². The molecular formula is C11H21N3O. The van der Waals surface area contributed by atoms with Crippen LogP contribution >= 0.6 is 0 Å². The minimum Gasteiger partial charge on any atom is -0.322 e. The molecule has 2 atom stereocenters. The number of likely N-dealkylation sites (tertiary alicyclic amines) is 1. The maximum Gasteiger partial charge on any atom is 0.320 e. The molecule has 2 aliphatic rings. The standard InChI is InChI=1S/C11H21N3O/c1-9-7-10(2)14(8-9)11(15)13-5-3-12-4-6-13/h9-10,12H,3-8H2,1-2H3. The highest BCUT2D eigenvalue weighted by atomic mass is 16.2. The summed E-state index contributed by atoms with van der Waals surface area (Å²) in [4.78, 5) is 16.2. The van der Waals surface area contributed by atoms with Crippen molar-refractivity contribution in [1.82, 2.24) is 15.1 Å². The number of nitrogens with one attached hydrogen (secondary N) is 1. The van der Waals surface area contributed by atoms with Crippen LogP contribution in [0.4, 0.5) is 4.79 Å². The quantitative estimate of drug-likeness (QED) is 0.641. The number of carbonyl (C=O) groups excluding carboxylic acids is 1. The molecule has 2 amide bonds. The Balaban J connectivity index is 1.94. The van der Waals surface area contributed by atoms with Crippen molar-refractivity contribution in [3.63, 3.8) is 0 Å². The number of piperazine rings is 1. The summed E-state index contributed by atoms with van der Waals surface area (Å²) in [6.45, 7) is 8.90. The van der Waals surface area contributed by atoms with Gasteiger partial charge < -0.3 is 15.1 Å². The van der Waals surface area contributed by atoms with Gasteiger partial charge in [0.15, 0.2) is 0 Å². The number of nitrogens with zero attached hydrogens (tertiary/aromatic N) is 2. The molecule has 2 heterocycles. The van der Waals surface area contributed by atoms with Gasteiger partial charge in [0.2, 0.25) is 0 Å². The van der Waals surface area contributed by atoms with Crippen molar-refractivity contribution in [2.75, 3.05) is 32.7 Å². The van der Waals surface area contributed by atoms with Gasteiger partial charge in [-0.2, -0.15) is 0 Å². The van der Waals surface area contributed by atoms with Crippen LogP contribution in [-0.2, 0) is 0 Å². The Morgan fingerprint density at radius 1 is 1.27 bits per heavy atom. The molecule has 2 saturated heterocycles. The van der Waals surface area contributed by atoms with Crippen molar-refractivity contribution < 1.29 is 4.79 Å². The first-order chi connectivity index (χ1) is 7.18. The molecule has 0 saturated carbocycles. The fourth-order valence-corrected chi connectivity index (χ4v) is 2.60. The molecular weight excluding hydrogens is 190 g/mol. The van der Waals surface area contributed by atoms with E-state index < -0.39 is 0 Å². The fourth-order valence-electron chi connectivity index (χ4n) is 2.60. The Morgan fingerprint density at radius 2 is 1.93 bits per heavy atom. The van der Waals surface area contributed by atoms with E-state index in [9.17, 15) is 4.79 Å². The summed E-state index contributed by atoms with van der Waals surface area (Å²) in [6, 6.07) is 0.663. The molecule has 2 aliphatic heterocycles. The zero-order valence-electron chi connectivity index (χ0n) is 9.70. The van der Waals surface area contributed by atoms with Gasteiger partial charge in [0.25, 0.3) is 0 Å². The summed E-state index contributed by atoms with van der Waals surface area (Å²) < 4.78 is 0. The number of rotatable bonds is 0. The zero-order valence-corrected chi connectivity index (χ0v) is 9.70. The monoisotopic (exact) mass is 211 g/mol. The summed E-state index contributed by atoms with van der Waals surface area (Å²) in [5.41, 5.74) is 0. The molecule has 2 rings (SSSR count). The second-order valence-electron chi connectivity index (χ2n) is 4.86. The molecule has 1 N–H and O–H groups in total. The summed E-state index contributed by atoms with van der Waals surface area (Å²) in [5.74, 6) is 0.659. The maximum absolute atomic E-state index is 12.2. The topological polar surface area (TPSA) is 35.6 Å². The van der Waals surface area contributed by atoms with Crippen molar-refractivity contribution in [1.29, 1.82) is 0 Å². The Bertz CT molecular complexity index is 238. The van der Waals surface area contributed by atoms with E-state index in [-0.39, 0.29) is 6.03 Å². The zero-order chi connectivity index (χ0) is 10.8. The Labute approximate surface area is 91.6 Å². The van der Waals surface area contributed by atoms with Gasteiger partial charge in [-0.25, -0.2) is 4.79 Å². The van der Waals surface area contributed by atoms with Gasteiger partial charge in [0.05, 0.1) is 0 Å². The highest BCUT2D eigenvalue weighted by Gasteiger charge is 2.32. The van der Waals surface area contributed by atoms with E-state index in [1.54, 1.807) is 0 Å². The lowest BCUT2D eigenvalue weighted by Crippen LogP contribution is -2.52. The molecule has 15 heavy (non-hydrogen) atoms. The van der Waals surface area contributed by atoms with Gasteiger partial charge in [0, 0.05) is 38.8 Å². The van der Waals surface area contributed by atoms with E-state index in [0.717, 1.165) is 39.1 Å². The van der Waals surface area contributed by atoms with Crippen LogP contribution in [0.25, 0.3) is 0 Å². The van der Waals surface area contributed by atoms with E-state index in [1.165, 1.54) is 0 Å². The molecule has 4 heteroatoms. The molecule has 0 aromatic carbocycles. The van der Waals surface area contributed by atoms with Crippen molar-refractivity contribution >= 4 is 6.03 Å². The number of amides is 2. The van der Waals surface area contributed by atoms with Gasteiger partial charge in [-0.05, 0) is 19.3 Å². The van der Waals surface area contributed by atoms with E-state index in [0.29, 0.717) is 12.0 Å². The third-order valence-electron chi connectivity index (χ3n) is 3.42. The molecule has 0 radical (unpaired) electrons. The van der Waals surface area contributed by atoms with Crippen LogP contribution in [0, 0.1) is 5.92 Å². The van der Waals surface area contributed by atoms with Crippen LogP contribution in [0.3, 0.4) is 0 Å². The number of urea groups is 1. The average molecular weight is 211 g/mol. The number of hydrogen-bond acceptors (Lipinski definition) is 2. The Morgan fingerprint density at radius 3 is 2.47 bits per heavy atom. The predicted molar refractivity (Wildman–Crippen MR) is 59.8 cm³/mol. The molecule has 0 bridgehead atoms. The third kappa shape index (κ3) is 2.25. The van der Waals surface area contributed by atoms with E-state index >= 15 is 0 Å². The van der Waals surface area contributed by atoms with Crippen molar-refractivity contribution in [3.05, 3.63) is 0 Å². The smallest absolute Gasteiger partial charge is 0.320 e. The third-order valence-corrected chi connectivity index (χ3v) is 3.42. The normalized spacial score (nSPS) is 32.1. The maximum atomic E-state index is 12.2. The van der Waals surface area contributed by atoms with Crippen LogP contribution in [0.5, 0.6) is 0 Å². The minimum absolute atomic E-state index is 0.244. The Hall–Kier alpha value is -0.770. The largest absolute Gasteiger partial charge is 0.322 e. The van der Waals surface area contributed by atoms with Crippen LogP contribution in [0.2, 0.25) is 0 Å². The molecule has 86 valence electrons. The van der Waals surface area contributed by atoms with Gasteiger partial charge in [-0.3, -0.25) is 0 Å². The van der Waals surface area contributed by atoms with Crippen molar-refractivity contribution in [2.45, 2.75) is 26.3 Å². The van der Waals surface area contributed by atoms with Gasteiger partial charge in [-0.15, -0.1) is 0 Å². The molecule has 4 nitrogen and oxygen atoms in total.